The number of hydrogen-bond donors (Lipinski definition) is 1. The summed E-state index contributed by atoms with van der Waals surface area (Å²) in [5.74, 6) is -0.329. The summed E-state index contributed by atoms with van der Waals surface area (Å²) < 4.78 is 5.02. The minimum Gasteiger partial charge on any atom is -0.480 e. The maximum Gasteiger partial charge on any atom is 0.327 e. The number of methoxy groups -OCH3 is 1. The van der Waals surface area contributed by atoms with E-state index in [2.05, 4.69) is 0 Å². The first kappa shape index (κ1) is 13.9. The molecule has 6 heteroatoms. The number of rotatable bonds is 4. The molecular weight excluding hydrogens is 266 g/mol. The van der Waals surface area contributed by atoms with E-state index in [1.54, 1.807) is 25.3 Å². The Balaban J connectivity index is 2.19. The third kappa shape index (κ3) is 3.08. The fourth-order valence-electron chi connectivity index (χ4n) is 1.97. The van der Waals surface area contributed by atoms with Crippen molar-refractivity contribution in [3.63, 3.8) is 0 Å². The second-order valence-electron chi connectivity index (χ2n) is 4.26. The Hall–Kier alpha value is -1.53. The third-order valence-electron chi connectivity index (χ3n) is 2.91. The van der Waals surface area contributed by atoms with Crippen LogP contribution in [0.3, 0.4) is 0 Å². The van der Waals surface area contributed by atoms with Gasteiger partial charge in [-0.05, 0) is 17.7 Å². The van der Waals surface area contributed by atoms with E-state index < -0.39 is 12.0 Å². The summed E-state index contributed by atoms with van der Waals surface area (Å²) in [7, 11) is 1.59. The predicted molar refractivity (Wildman–Crippen MR) is 72.1 cm³/mol. The van der Waals surface area contributed by atoms with Gasteiger partial charge in [-0.3, -0.25) is 4.79 Å². The lowest BCUT2D eigenvalue weighted by atomic mass is 10.1. The number of nitrogens with zero attached hydrogens (tertiary/aromatic N) is 1. The minimum atomic E-state index is -0.952. The van der Waals surface area contributed by atoms with E-state index >= 15 is 0 Å². The number of hydrogen-bond acceptors (Lipinski definition) is 4. The highest BCUT2D eigenvalue weighted by Gasteiger charge is 2.34. The van der Waals surface area contributed by atoms with Crippen LogP contribution >= 0.6 is 11.8 Å². The average molecular weight is 281 g/mol. The van der Waals surface area contributed by atoms with Gasteiger partial charge in [0.1, 0.15) is 6.04 Å². The quantitative estimate of drug-likeness (QED) is 0.904. The molecule has 1 aliphatic heterocycles. The molecule has 1 atom stereocenters. The van der Waals surface area contributed by atoms with E-state index in [1.807, 2.05) is 6.07 Å². The summed E-state index contributed by atoms with van der Waals surface area (Å²) in [5.41, 5.74) is 1.40. The number of carboxylic acids is 1. The largest absolute Gasteiger partial charge is 0.480 e. The lowest BCUT2D eigenvalue weighted by Crippen LogP contribution is -2.41. The monoisotopic (exact) mass is 281 g/mol. The topological polar surface area (TPSA) is 66.8 Å². The van der Waals surface area contributed by atoms with Gasteiger partial charge in [0.25, 0.3) is 5.91 Å². The maximum absolute atomic E-state index is 12.3. The summed E-state index contributed by atoms with van der Waals surface area (Å²) in [6, 6.07) is 6.36. The van der Waals surface area contributed by atoms with Gasteiger partial charge >= 0.3 is 5.97 Å². The van der Waals surface area contributed by atoms with Crippen molar-refractivity contribution in [2.45, 2.75) is 12.6 Å². The molecular formula is C13H15NO4S. The molecule has 0 aliphatic carbocycles. The Morgan fingerprint density at radius 2 is 2.32 bits per heavy atom. The highest BCUT2D eigenvalue weighted by molar-refractivity contribution is 7.99. The highest BCUT2D eigenvalue weighted by atomic mass is 32.2. The predicted octanol–water partition coefficient (Wildman–Crippen LogP) is 1.43. The van der Waals surface area contributed by atoms with Crippen molar-refractivity contribution in [3.8, 4) is 0 Å². The molecule has 1 aromatic rings. The van der Waals surface area contributed by atoms with Crippen molar-refractivity contribution in [2.24, 2.45) is 0 Å². The Labute approximate surface area is 115 Å². The van der Waals surface area contributed by atoms with Crippen LogP contribution in [-0.2, 0) is 16.1 Å². The van der Waals surface area contributed by atoms with Crippen LogP contribution in [0.5, 0.6) is 0 Å². The molecule has 1 aromatic carbocycles. The van der Waals surface area contributed by atoms with Crippen LogP contribution in [-0.4, -0.2) is 46.7 Å². The molecule has 102 valence electrons. The number of ether oxygens (including phenoxy) is 1. The van der Waals surface area contributed by atoms with Gasteiger partial charge in [0.2, 0.25) is 0 Å². The maximum atomic E-state index is 12.3. The number of thioether (sulfide) groups is 1. The molecule has 1 amide bonds. The standard InChI is InChI=1S/C13H15NO4S/c1-18-6-9-3-2-4-10(5-9)12(15)14-8-19-7-11(14)13(16)17/h2-5,11H,6-8H2,1H3,(H,16,17)/t11-/m0/s1. The van der Waals surface area contributed by atoms with Crippen LogP contribution in [0, 0.1) is 0 Å². The number of carbonyl (C=O) groups excluding carboxylic acids is 1. The van der Waals surface area contributed by atoms with Crippen LogP contribution in [0.4, 0.5) is 0 Å². The molecule has 0 bridgehead atoms. The summed E-state index contributed by atoms with van der Waals surface area (Å²) in [6.07, 6.45) is 0. The first-order valence-electron chi connectivity index (χ1n) is 5.83. The van der Waals surface area contributed by atoms with E-state index in [0.29, 0.717) is 23.8 Å². The van der Waals surface area contributed by atoms with Crippen molar-refractivity contribution in [1.29, 1.82) is 0 Å². The summed E-state index contributed by atoms with van der Waals surface area (Å²) >= 11 is 1.46. The Morgan fingerprint density at radius 1 is 1.53 bits per heavy atom. The van der Waals surface area contributed by atoms with Crippen LogP contribution in [0.25, 0.3) is 0 Å². The zero-order valence-corrected chi connectivity index (χ0v) is 11.4. The smallest absolute Gasteiger partial charge is 0.327 e. The van der Waals surface area contributed by atoms with E-state index in [0.717, 1.165) is 5.56 Å². The second kappa shape index (κ2) is 6.08. The molecule has 0 unspecified atom stereocenters. The molecule has 2 rings (SSSR count). The highest BCUT2D eigenvalue weighted by Crippen LogP contribution is 2.23. The Bertz CT molecular complexity index is 491. The van der Waals surface area contributed by atoms with Gasteiger partial charge in [0, 0.05) is 18.4 Å². The normalized spacial score (nSPS) is 18.6. The summed E-state index contributed by atoms with van der Waals surface area (Å²) in [5, 5.41) is 9.09. The lowest BCUT2D eigenvalue weighted by Gasteiger charge is -2.20. The molecule has 1 heterocycles. The Morgan fingerprint density at radius 3 is 3.00 bits per heavy atom. The van der Waals surface area contributed by atoms with Gasteiger partial charge in [-0.2, -0.15) is 0 Å². The van der Waals surface area contributed by atoms with Crippen LogP contribution < -0.4 is 0 Å². The second-order valence-corrected chi connectivity index (χ2v) is 5.26. The van der Waals surface area contributed by atoms with Gasteiger partial charge in [-0.15, -0.1) is 11.8 Å². The van der Waals surface area contributed by atoms with Crippen molar-refractivity contribution in [1.82, 2.24) is 4.90 Å². The molecule has 19 heavy (non-hydrogen) atoms. The van der Waals surface area contributed by atoms with Crippen LogP contribution in [0.2, 0.25) is 0 Å². The molecule has 1 N–H and O–H groups in total. The summed E-state index contributed by atoms with van der Waals surface area (Å²) in [6.45, 7) is 0.429. The molecule has 0 aromatic heterocycles. The Kier molecular flexibility index (Phi) is 4.44. The average Bonchev–Trinajstić information content (AvgIpc) is 2.88. The van der Waals surface area contributed by atoms with Gasteiger partial charge in [0.05, 0.1) is 12.5 Å². The number of benzene rings is 1. The van der Waals surface area contributed by atoms with Gasteiger partial charge in [-0.25, -0.2) is 4.79 Å². The van der Waals surface area contributed by atoms with Gasteiger partial charge in [-0.1, -0.05) is 12.1 Å². The van der Waals surface area contributed by atoms with Gasteiger partial charge in [0.15, 0.2) is 0 Å². The van der Waals surface area contributed by atoms with E-state index in [-0.39, 0.29) is 5.91 Å². The molecule has 5 nitrogen and oxygen atoms in total. The number of aliphatic carboxylic acids is 1. The van der Waals surface area contributed by atoms with E-state index in [9.17, 15) is 9.59 Å². The first-order valence-corrected chi connectivity index (χ1v) is 6.98. The number of carbonyl (C=O) groups is 2. The third-order valence-corrected chi connectivity index (χ3v) is 3.93. The molecule has 0 spiro atoms. The van der Waals surface area contributed by atoms with E-state index in [4.69, 9.17) is 9.84 Å². The summed E-state index contributed by atoms with van der Waals surface area (Å²) in [4.78, 5) is 24.8. The van der Waals surface area contributed by atoms with Crippen LogP contribution in [0.1, 0.15) is 15.9 Å². The molecule has 1 aliphatic rings. The zero-order valence-electron chi connectivity index (χ0n) is 10.5. The molecule has 0 radical (unpaired) electrons. The van der Waals surface area contributed by atoms with Crippen molar-refractivity contribution in [2.75, 3.05) is 18.7 Å². The minimum absolute atomic E-state index is 0.240. The number of amides is 1. The molecule has 0 saturated carbocycles. The lowest BCUT2D eigenvalue weighted by molar-refractivity contribution is -0.140. The van der Waals surface area contributed by atoms with Crippen molar-refractivity contribution >= 4 is 23.6 Å². The first-order chi connectivity index (χ1) is 9.13. The van der Waals surface area contributed by atoms with Crippen LogP contribution in [0.15, 0.2) is 24.3 Å². The molecule has 1 fully saturated rings. The molecule has 1 saturated heterocycles. The zero-order chi connectivity index (χ0) is 13.8. The SMILES string of the molecule is COCc1cccc(C(=O)N2CSC[C@H]2C(=O)O)c1. The number of carboxylic acid groups (broad SMARTS) is 1. The van der Waals surface area contributed by atoms with Gasteiger partial charge < -0.3 is 14.7 Å². The fraction of sp³-hybridized carbons (Fsp3) is 0.385. The fourth-order valence-corrected chi connectivity index (χ4v) is 3.12. The van der Waals surface area contributed by atoms with E-state index in [1.165, 1.54) is 16.7 Å². The van der Waals surface area contributed by atoms with Crippen molar-refractivity contribution < 1.29 is 19.4 Å². The van der Waals surface area contributed by atoms with Crippen molar-refractivity contribution in [3.05, 3.63) is 35.4 Å².